The summed E-state index contributed by atoms with van der Waals surface area (Å²) < 4.78 is 8.70. The number of thiazole rings is 2. The van der Waals surface area contributed by atoms with Crippen molar-refractivity contribution in [3.8, 4) is 54.5 Å². The summed E-state index contributed by atoms with van der Waals surface area (Å²) in [4.78, 5) is 10.1. The Morgan fingerprint density at radius 3 is 1.73 bits per heavy atom. The molecule has 11 rings (SSSR count). The second-order valence-corrected chi connectivity index (χ2v) is 16.3. The summed E-state index contributed by atoms with van der Waals surface area (Å²) in [5.74, 6) is 0. The van der Waals surface area contributed by atoms with Gasteiger partial charge in [-0.3, -0.25) is 0 Å². The molecule has 0 unspecified atom stereocenters. The molecule has 0 radical (unpaired) electrons. The molecule has 5 heteroatoms. The molecule has 1 aliphatic rings. The Balaban J connectivity index is 1.03. The van der Waals surface area contributed by atoms with Gasteiger partial charge in [0.05, 0.1) is 20.4 Å². The Morgan fingerprint density at radius 1 is 0.442 bits per heavy atom. The first-order valence-electron chi connectivity index (χ1n) is 17.5. The van der Waals surface area contributed by atoms with Crippen molar-refractivity contribution >= 4 is 65.0 Å². The van der Waals surface area contributed by atoms with Crippen LogP contribution in [0.2, 0.25) is 0 Å². The van der Waals surface area contributed by atoms with E-state index in [0.717, 1.165) is 54.5 Å². The van der Waals surface area contributed by atoms with E-state index in [1.807, 2.05) is 6.07 Å². The van der Waals surface area contributed by atoms with E-state index in [1.165, 1.54) is 53.6 Å². The average molecular weight is 703 g/mol. The fourth-order valence-electron chi connectivity index (χ4n) is 8.04. The van der Waals surface area contributed by atoms with Gasteiger partial charge in [-0.15, -0.1) is 22.7 Å². The zero-order chi connectivity index (χ0) is 34.6. The summed E-state index contributed by atoms with van der Waals surface area (Å²) in [6.45, 7) is 4.67. The predicted octanol–water partition coefficient (Wildman–Crippen LogP) is 13.8. The van der Waals surface area contributed by atoms with Crippen LogP contribution in [0.15, 0.2) is 150 Å². The van der Waals surface area contributed by atoms with Crippen molar-refractivity contribution in [1.29, 1.82) is 0 Å². The molecule has 3 nitrogen and oxygen atoms in total. The van der Waals surface area contributed by atoms with Gasteiger partial charge in [-0.1, -0.05) is 86.6 Å². The molecule has 3 heterocycles. The Hall–Kier alpha value is -5.88. The van der Waals surface area contributed by atoms with Crippen molar-refractivity contribution < 1.29 is 4.42 Å². The van der Waals surface area contributed by atoms with Crippen LogP contribution >= 0.6 is 22.7 Å². The molecule has 0 fully saturated rings. The summed E-state index contributed by atoms with van der Waals surface area (Å²) >= 11 is 3.47. The fraction of sp³-hybridized carbons (Fsp3) is 0.0638. The first-order chi connectivity index (χ1) is 25.5. The average Bonchev–Trinajstić information content (AvgIpc) is 3.95. The molecular formula is C47H30N2OS2. The highest BCUT2D eigenvalue weighted by Crippen LogP contribution is 2.52. The third-order valence-electron chi connectivity index (χ3n) is 10.7. The number of rotatable bonds is 4. The third kappa shape index (κ3) is 4.56. The number of furan rings is 1. The van der Waals surface area contributed by atoms with Gasteiger partial charge in [-0.25, -0.2) is 9.97 Å². The summed E-state index contributed by atoms with van der Waals surface area (Å²) in [6, 6.07) is 52.5. The number of nitrogens with zero attached hydrogens (tertiary/aromatic N) is 2. The van der Waals surface area contributed by atoms with E-state index in [2.05, 4.69) is 153 Å². The molecule has 0 saturated carbocycles. The molecule has 0 spiro atoms. The monoisotopic (exact) mass is 702 g/mol. The van der Waals surface area contributed by atoms with Gasteiger partial charge in [0, 0.05) is 27.3 Å². The van der Waals surface area contributed by atoms with Crippen molar-refractivity contribution in [2.45, 2.75) is 19.3 Å². The van der Waals surface area contributed by atoms with Crippen molar-refractivity contribution in [3.05, 3.63) is 157 Å². The minimum absolute atomic E-state index is 0.164. The van der Waals surface area contributed by atoms with Crippen molar-refractivity contribution in [2.75, 3.05) is 0 Å². The van der Waals surface area contributed by atoms with Crippen molar-refractivity contribution in [1.82, 2.24) is 9.97 Å². The van der Waals surface area contributed by atoms with Gasteiger partial charge in [0.15, 0.2) is 0 Å². The summed E-state index contributed by atoms with van der Waals surface area (Å²) in [6.07, 6.45) is 0. The molecule has 3 aromatic heterocycles. The highest BCUT2D eigenvalue weighted by atomic mass is 32.1. The zero-order valence-electron chi connectivity index (χ0n) is 28.5. The SMILES string of the molecule is CC1(C)c2cc(-c3cccc(-c4cc(-c5nc6ccccc6s5)cc(-c5nc6ccccc6s5)c4)c3)ccc2-c2cc3c(cc21)oc1ccccc13. The Labute approximate surface area is 308 Å². The standard InChI is InChI=1S/C47H30N2OS2/c1-47(2)37-24-29(18-19-33(37)35-25-36-34-12-3-6-15-41(34)50-42(36)26-38(35)47)27-10-9-11-28(20-27)30-21-31(45-48-39-13-4-7-16-43(39)51-45)23-32(22-30)46-49-40-14-5-8-17-44(40)52-46/h3-26H,1-2H3. The molecule has 0 N–H and O–H groups in total. The second kappa shape index (κ2) is 11.1. The molecule has 0 atom stereocenters. The predicted molar refractivity (Wildman–Crippen MR) is 219 cm³/mol. The van der Waals surface area contributed by atoms with Crippen molar-refractivity contribution in [2.24, 2.45) is 0 Å². The normalized spacial score (nSPS) is 13.3. The van der Waals surface area contributed by atoms with E-state index in [9.17, 15) is 0 Å². The van der Waals surface area contributed by atoms with E-state index in [-0.39, 0.29) is 5.41 Å². The summed E-state index contributed by atoms with van der Waals surface area (Å²) in [7, 11) is 0. The Kier molecular flexibility index (Phi) is 6.34. The first-order valence-corrected chi connectivity index (χ1v) is 19.2. The van der Waals surface area contributed by atoms with Crippen LogP contribution in [-0.4, -0.2) is 9.97 Å². The molecule has 0 bridgehead atoms. The number of fused-ring (bicyclic) bond motifs is 8. The van der Waals surface area contributed by atoms with Gasteiger partial charge >= 0.3 is 0 Å². The molecule has 0 amide bonds. The lowest BCUT2D eigenvalue weighted by atomic mass is 9.81. The highest BCUT2D eigenvalue weighted by molar-refractivity contribution is 7.22. The van der Waals surface area contributed by atoms with Crippen LogP contribution in [0.4, 0.5) is 0 Å². The topological polar surface area (TPSA) is 38.9 Å². The molecule has 246 valence electrons. The number of benzene rings is 7. The molecular weight excluding hydrogens is 673 g/mol. The van der Waals surface area contributed by atoms with E-state index >= 15 is 0 Å². The summed E-state index contributed by atoms with van der Waals surface area (Å²) in [5, 5.41) is 4.37. The quantitative estimate of drug-likeness (QED) is 0.183. The Bertz CT molecular complexity index is 2910. The lowest BCUT2D eigenvalue weighted by Crippen LogP contribution is -2.15. The smallest absolute Gasteiger partial charge is 0.135 e. The minimum atomic E-state index is -0.164. The van der Waals surface area contributed by atoms with Crippen molar-refractivity contribution in [3.63, 3.8) is 0 Å². The lowest BCUT2D eigenvalue weighted by Gasteiger charge is -2.22. The van der Waals surface area contributed by atoms with Crippen LogP contribution in [0.1, 0.15) is 25.0 Å². The number of hydrogen-bond donors (Lipinski definition) is 0. The van der Waals surface area contributed by atoms with Gasteiger partial charge in [0.25, 0.3) is 0 Å². The molecule has 0 saturated heterocycles. The zero-order valence-corrected chi connectivity index (χ0v) is 30.1. The van der Waals surface area contributed by atoms with E-state index in [1.54, 1.807) is 22.7 Å². The molecule has 1 aliphatic carbocycles. The van der Waals surface area contributed by atoms with Gasteiger partial charge in [-0.05, 0) is 117 Å². The third-order valence-corrected chi connectivity index (χ3v) is 12.9. The maximum atomic E-state index is 6.32. The highest BCUT2D eigenvalue weighted by Gasteiger charge is 2.36. The Morgan fingerprint density at radius 2 is 1.02 bits per heavy atom. The maximum Gasteiger partial charge on any atom is 0.135 e. The van der Waals surface area contributed by atoms with Crippen LogP contribution in [0, 0.1) is 0 Å². The first kappa shape index (κ1) is 29.8. The molecule has 0 aliphatic heterocycles. The van der Waals surface area contributed by atoms with Crippen LogP contribution < -0.4 is 0 Å². The molecule has 10 aromatic rings. The van der Waals surface area contributed by atoms with Crippen LogP contribution in [0.3, 0.4) is 0 Å². The van der Waals surface area contributed by atoms with Gasteiger partial charge < -0.3 is 4.42 Å². The van der Waals surface area contributed by atoms with Crippen LogP contribution in [0.25, 0.3) is 96.9 Å². The second-order valence-electron chi connectivity index (χ2n) is 14.2. The van der Waals surface area contributed by atoms with Crippen LogP contribution in [-0.2, 0) is 5.41 Å². The van der Waals surface area contributed by atoms with Gasteiger partial charge in [0.2, 0.25) is 0 Å². The lowest BCUT2D eigenvalue weighted by molar-refractivity contribution is 0.647. The number of aromatic nitrogens is 2. The van der Waals surface area contributed by atoms with Gasteiger partial charge in [-0.2, -0.15) is 0 Å². The number of hydrogen-bond acceptors (Lipinski definition) is 5. The fourth-order valence-corrected chi connectivity index (χ4v) is 9.95. The largest absolute Gasteiger partial charge is 0.456 e. The van der Waals surface area contributed by atoms with E-state index in [0.29, 0.717) is 0 Å². The number of para-hydroxylation sites is 3. The van der Waals surface area contributed by atoms with E-state index in [4.69, 9.17) is 14.4 Å². The van der Waals surface area contributed by atoms with E-state index < -0.39 is 0 Å². The summed E-state index contributed by atoms with van der Waals surface area (Å²) in [5.41, 5.74) is 16.0. The van der Waals surface area contributed by atoms with Gasteiger partial charge in [0.1, 0.15) is 21.2 Å². The van der Waals surface area contributed by atoms with Crippen LogP contribution in [0.5, 0.6) is 0 Å². The molecule has 52 heavy (non-hydrogen) atoms. The maximum absolute atomic E-state index is 6.32. The minimum Gasteiger partial charge on any atom is -0.456 e. The molecule has 7 aromatic carbocycles.